The van der Waals surface area contributed by atoms with Crippen molar-refractivity contribution in [3.8, 4) is 17.2 Å². The summed E-state index contributed by atoms with van der Waals surface area (Å²) in [6.45, 7) is 1.49. The molecule has 0 unspecified atom stereocenters. The fraction of sp³-hybridized carbons (Fsp3) is 0.294. The minimum absolute atomic E-state index is 0.283. The SMILES string of the molecule is CNCc1ccc(OC)c(OCCOc2ccc(F)cc2)c1. The highest BCUT2D eigenvalue weighted by Crippen LogP contribution is 2.28. The Bertz CT molecular complexity index is 587. The lowest BCUT2D eigenvalue weighted by Gasteiger charge is -2.13. The van der Waals surface area contributed by atoms with Gasteiger partial charge in [0.05, 0.1) is 7.11 Å². The van der Waals surface area contributed by atoms with E-state index in [1.807, 2.05) is 25.2 Å². The van der Waals surface area contributed by atoms with Crippen LogP contribution in [0.1, 0.15) is 5.56 Å². The van der Waals surface area contributed by atoms with Crippen LogP contribution in [-0.2, 0) is 6.54 Å². The van der Waals surface area contributed by atoms with Gasteiger partial charge in [-0.15, -0.1) is 0 Å². The van der Waals surface area contributed by atoms with E-state index in [2.05, 4.69) is 5.32 Å². The Morgan fingerprint density at radius 3 is 2.36 bits per heavy atom. The standard InChI is InChI=1S/C17H20FNO3/c1-19-12-13-3-8-16(20-2)17(11-13)22-10-9-21-15-6-4-14(18)5-7-15/h3-8,11,19H,9-10,12H2,1-2H3. The monoisotopic (exact) mass is 305 g/mol. The zero-order valence-electron chi connectivity index (χ0n) is 12.8. The van der Waals surface area contributed by atoms with Crippen molar-refractivity contribution in [3.63, 3.8) is 0 Å². The van der Waals surface area contributed by atoms with Gasteiger partial charge in [-0.1, -0.05) is 6.07 Å². The van der Waals surface area contributed by atoms with Gasteiger partial charge in [0.25, 0.3) is 0 Å². The second kappa shape index (κ2) is 8.24. The van der Waals surface area contributed by atoms with Gasteiger partial charge in [-0.05, 0) is 49.0 Å². The van der Waals surface area contributed by atoms with Crippen LogP contribution in [0, 0.1) is 5.82 Å². The predicted molar refractivity (Wildman–Crippen MR) is 83.1 cm³/mol. The van der Waals surface area contributed by atoms with Crippen molar-refractivity contribution in [2.75, 3.05) is 27.4 Å². The smallest absolute Gasteiger partial charge is 0.161 e. The van der Waals surface area contributed by atoms with E-state index in [9.17, 15) is 4.39 Å². The second-order valence-electron chi connectivity index (χ2n) is 4.67. The van der Waals surface area contributed by atoms with Crippen molar-refractivity contribution < 1.29 is 18.6 Å². The number of hydrogen-bond acceptors (Lipinski definition) is 4. The van der Waals surface area contributed by atoms with Crippen LogP contribution in [0.5, 0.6) is 17.2 Å². The molecule has 5 heteroatoms. The lowest BCUT2D eigenvalue weighted by atomic mass is 10.2. The number of nitrogens with one attached hydrogen (secondary N) is 1. The number of rotatable bonds is 8. The number of hydrogen-bond donors (Lipinski definition) is 1. The van der Waals surface area contributed by atoms with Gasteiger partial charge in [-0.25, -0.2) is 4.39 Å². The molecule has 0 heterocycles. The van der Waals surface area contributed by atoms with Gasteiger partial charge in [-0.3, -0.25) is 0 Å². The minimum atomic E-state index is -0.283. The quantitative estimate of drug-likeness (QED) is 0.761. The summed E-state index contributed by atoms with van der Waals surface area (Å²) in [4.78, 5) is 0. The number of benzene rings is 2. The average Bonchev–Trinajstić information content (AvgIpc) is 2.54. The molecule has 0 aromatic heterocycles. The van der Waals surface area contributed by atoms with E-state index in [-0.39, 0.29) is 5.82 Å². The van der Waals surface area contributed by atoms with E-state index in [1.54, 1.807) is 19.2 Å². The van der Waals surface area contributed by atoms with Crippen LogP contribution in [0.25, 0.3) is 0 Å². The summed E-state index contributed by atoms with van der Waals surface area (Å²) in [6, 6.07) is 11.7. The molecule has 4 nitrogen and oxygen atoms in total. The summed E-state index contributed by atoms with van der Waals surface area (Å²) in [5.74, 6) is 1.69. The van der Waals surface area contributed by atoms with E-state index in [0.29, 0.717) is 30.5 Å². The van der Waals surface area contributed by atoms with Gasteiger partial charge in [0.2, 0.25) is 0 Å². The van der Waals surface area contributed by atoms with E-state index >= 15 is 0 Å². The molecule has 0 atom stereocenters. The van der Waals surface area contributed by atoms with Gasteiger partial charge in [-0.2, -0.15) is 0 Å². The molecule has 0 saturated carbocycles. The fourth-order valence-corrected chi connectivity index (χ4v) is 1.99. The first kappa shape index (κ1) is 16.1. The molecule has 2 rings (SSSR count). The molecule has 0 aliphatic rings. The first-order valence-corrected chi connectivity index (χ1v) is 7.05. The van der Waals surface area contributed by atoms with Crippen molar-refractivity contribution in [1.82, 2.24) is 5.32 Å². The lowest BCUT2D eigenvalue weighted by molar-refractivity contribution is 0.211. The zero-order chi connectivity index (χ0) is 15.8. The molecule has 0 saturated heterocycles. The van der Waals surface area contributed by atoms with Crippen LogP contribution in [0.4, 0.5) is 4.39 Å². The molecule has 0 amide bonds. The molecule has 0 bridgehead atoms. The van der Waals surface area contributed by atoms with Crippen molar-refractivity contribution in [2.45, 2.75) is 6.54 Å². The zero-order valence-corrected chi connectivity index (χ0v) is 12.8. The molecule has 2 aromatic rings. The highest BCUT2D eigenvalue weighted by atomic mass is 19.1. The molecule has 0 spiro atoms. The van der Waals surface area contributed by atoms with Crippen LogP contribution in [-0.4, -0.2) is 27.4 Å². The van der Waals surface area contributed by atoms with Crippen molar-refractivity contribution in [2.24, 2.45) is 0 Å². The summed E-state index contributed by atoms with van der Waals surface area (Å²) in [5, 5.41) is 3.09. The van der Waals surface area contributed by atoms with E-state index in [1.165, 1.54) is 12.1 Å². The Hall–Kier alpha value is -2.27. The molecule has 0 aliphatic carbocycles. The van der Waals surface area contributed by atoms with Gasteiger partial charge in [0.15, 0.2) is 11.5 Å². The molecule has 0 aliphatic heterocycles. The Labute approximate surface area is 129 Å². The third kappa shape index (κ3) is 4.63. The van der Waals surface area contributed by atoms with Crippen molar-refractivity contribution in [1.29, 1.82) is 0 Å². The molecule has 22 heavy (non-hydrogen) atoms. The van der Waals surface area contributed by atoms with Gasteiger partial charge in [0.1, 0.15) is 24.8 Å². The van der Waals surface area contributed by atoms with Crippen LogP contribution < -0.4 is 19.5 Å². The highest BCUT2D eigenvalue weighted by molar-refractivity contribution is 5.42. The van der Waals surface area contributed by atoms with Crippen LogP contribution in [0.3, 0.4) is 0 Å². The Morgan fingerprint density at radius 1 is 0.955 bits per heavy atom. The second-order valence-corrected chi connectivity index (χ2v) is 4.67. The summed E-state index contributed by atoms with van der Waals surface area (Å²) < 4.78 is 29.3. The number of ether oxygens (including phenoxy) is 3. The van der Waals surface area contributed by atoms with Crippen molar-refractivity contribution in [3.05, 3.63) is 53.8 Å². The molecule has 1 N–H and O–H groups in total. The molecule has 0 fully saturated rings. The average molecular weight is 305 g/mol. The topological polar surface area (TPSA) is 39.7 Å². The van der Waals surface area contributed by atoms with Crippen LogP contribution >= 0.6 is 0 Å². The fourth-order valence-electron chi connectivity index (χ4n) is 1.99. The normalized spacial score (nSPS) is 10.3. The predicted octanol–water partition coefficient (Wildman–Crippen LogP) is 3.01. The number of methoxy groups -OCH3 is 1. The molecule has 0 radical (unpaired) electrons. The summed E-state index contributed by atoms with van der Waals surface area (Å²) >= 11 is 0. The Morgan fingerprint density at radius 2 is 1.68 bits per heavy atom. The summed E-state index contributed by atoms with van der Waals surface area (Å²) in [5.41, 5.74) is 1.11. The Kier molecular flexibility index (Phi) is 6.03. The van der Waals surface area contributed by atoms with Gasteiger partial charge < -0.3 is 19.5 Å². The molecule has 118 valence electrons. The third-order valence-corrected chi connectivity index (χ3v) is 3.03. The lowest BCUT2D eigenvalue weighted by Crippen LogP contribution is -2.10. The van der Waals surface area contributed by atoms with Gasteiger partial charge in [0, 0.05) is 6.54 Å². The maximum atomic E-state index is 12.8. The maximum absolute atomic E-state index is 12.8. The third-order valence-electron chi connectivity index (χ3n) is 3.03. The highest BCUT2D eigenvalue weighted by Gasteiger charge is 2.06. The number of halogens is 1. The van der Waals surface area contributed by atoms with Crippen LogP contribution in [0.15, 0.2) is 42.5 Å². The van der Waals surface area contributed by atoms with E-state index < -0.39 is 0 Å². The maximum Gasteiger partial charge on any atom is 0.161 e. The molecule has 2 aromatic carbocycles. The van der Waals surface area contributed by atoms with E-state index in [4.69, 9.17) is 14.2 Å². The summed E-state index contributed by atoms with van der Waals surface area (Å²) in [6.07, 6.45) is 0. The molecular formula is C17H20FNO3. The first-order chi connectivity index (χ1) is 10.7. The molecular weight excluding hydrogens is 285 g/mol. The Balaban J connectivity index is 1.87. The first-order valence-electron chi connectivity index (χ1n) is 7.05. The van der Waals surface area contributed by atoms with Crippen LogP contribution in [0.2, 0.25) is 0 Å². The van der Waals surface area contributed by atoms with E-state index in [0.717, 1.165) is 12.1 Å². The van der Waals surface area contributed by atoms with Crippen molar-refractivity contribution >= 4 is 0 Å². The van der Waals surface area contributed by atoms with Gasteiger partial charge >= 0.3 is 0 Å². The largest absolute Gasteiger partial charge is 0.493 e. The minimum Gasteiger partial charge on any atom is -0.493 e. The summed E-state index contributed by atoms with van der Waals surface area (Å²) in [7, 11) is 3.50.